The normalized spacial score (nSPS) is 24.9. The highest BCUT2D eigenvalue weighted by atomic mass is 79.9. The molecule has 1 unspecified atom stereocenters. The summed E-state index contributed by atoms with van der Waals surface area (Å²) in [7, 11) is 0. The molecule has 1 rings (SSSR count). The van der Waals surface area contributed by atoms with E-state index in [-0.39, 0.29) is 5.78 Å². The minimum Gasteiger partial charge on any atom is -0.483 e. The molecule has 0 N–H and O–H groups in total. The summed E-state index contributed by atoms with van der Waals surface area (Å²) in [6.45, 7) is 1.81. The molecule has 1 aliphatic heterocycles. The van der Waals surface area contributed by atoms with Crippen LogP contribution in [0.2, 0.25) is 0 Å². The summed E-state index contributed by atoms with van der Waals surface area (Å²) in [5.41, 5.74) is -0.702. The number of carbonyl (C=O) groups is 2. The van der Waals surface area contributed by atoms with Crippen molar-refractivity contribution in [3.8, 4) is 0 Å². The van der Waals surface area contributed by atoms with Gasteiger partial charge in [0.05, 0.1) is 5.33 Å². The van der Waals surface area contributed by atoms with Gasteiger partial charge < -0.3 is 9.53 Å². The van der Waals surface area contributed by atoms with Crippen molar-refractivity contribution < 1.29 is 14.3 Å². The number of unbranched alkanes of at least 4 members (excludes halogenated alkanes) is 2. The predicted molar refractivity (Wildman–Crippen MR) is 60.9 cm³/mol. The Hall–Kier alpha value is -0.640. The molecule has 0 aromatic carbocycles. The van der Waals surface area contributed by atoms with Crippen molar-refractivity contribution in [1.29, 1.82) is 0 Å². The second-order valence-corrected chi connectivity index (χ2v) is 4.41. The average Bonchev–Trinajstić information content (AvgIpc) is 2.51. The maximum atomic E-state index is 11.6. The van der Waals surface area contributed by atoms with Gasteiger partial charge in [0, 0.05) is 12.5 Å². The van der Waals surface area contributed by atoms with Crippen molar-refractivity contribution in [2.75, 3.05) is 5.33 Å². The quantitative estimate of drug-likeness (QED) is 0.424. The van der Waals surface area contributed by atoms with Gasteiger partial charge in [0.25, 0.3) is 0 Å². The summed E-state index contributed by atoms with van der Waals surface area (Å²) in [6, 6.07) is 0. The van der Waals surface area contributed by atoms with Crippen LogP contribution in [0.3, 0.4) is 0 Å². The van der Waals surface area contributed by atoms with Crippen molar-refractivity contribution in [2.24, 2.45) is 0 Å². The number of ketones is 1. The lowest BCUT2D eigenvalue weighted by molar-refractivity contribution is -0.129. The lowest BCUT2D eigenvalue weighted by Crippen LogP contribution is -2.32. The Kier molecular flexibility index (Phi) is 4.51. The number of allylic oxidation sites excluding steroid dienone is 1. The molecule has 4 heteroatoms. The lowest BCUT2D eigenvalue weighted by Gasteiger charge is -2.23. The molecule has 0 aromatic heterocycles. The van der Waals surface area contributed by atoms with E-state index in [0.717, 1.165) is 19.1 Å². The van der Waals surface area contributed by atoms with Crippen LogP contribution in [0.4, 0.5) is 0 Å². The molecular weight excluding hydrogens is 260 g/mol. The number of rotatable bonds is 6. The van der Waals surface area contributed by atoms with Gasteiger partial charge in [0.2, 0.25) is 5.78 Å². The third-order valence-electron chi connectivity index (χ3n) is 2.53. The first-order chi connectivity index (χ1) is 7.12. The zero-order valence-electron chi connectivity index (χ0n) is 8.79. The van der Waals surface area contributed by atoms with E-state index in [9.17, 15) is 9.59 Å². The highest BCUT2D eigenvalue weighted by Gasteiger charge is 2.38. The van der Waals surface area contributed by atoms with Gasteiger partial charge in [-0.15, -0.1) is 0 Å². The van der Waals surface area contributed by atoms with E-state index in [0.29, 0.717) is 23.9 Å². The Labute approximate surface area is 98.0 Å². The van der Waals surface area contributed by atoms with Gasteiger partial charge in [-0.3, -0.25) is 4.79 Å². The van der Waals surface area contributed by atoms with Crippen LogP contribution in [-0.4, -0.2) is 23.0 Å². The largest absolute Gasteiger partial charge is 0.483 e. The van der Waals surface area contributed by atoms with E-state index in [2.05, 4.69) is 15.9 Å². The van der Waals surface area contributed by atoms with E-state index in [1.54, 1.807) is 6.08 Å². The Morgan fingerprint density at radius 2 is 2.27 bits per heavy atom. The highest BCUT2D eigenvalue weighted by molar-refractivity contribution is 9.09. The zero-order valence-corrected chi connectivity index (χ0v) is 10.4. The van der Waals surface area contributed by atoms with E-state index >= 15 is 0 Å². The molecule has 0 spiro atoms. The van der Waals surface area contributed by atoms with Crippen LogP contribution in [0, 0.1) is 0 Å². The second-order valence-electron chi connectivity index (χ2n) is 3.85. The van der Waals surface area contributed by atoms with Crippen LogP contribution in [0.5, 0.6) is 0 Å². The molecule has 0 radical (unpaired) electrons. The molecule has 0 bridgehead atoms. The van der Waals surface area contributed by atoms with E-state index < -0.39 is 5.60 Å². The van der Waals surface area contributed by atoms with Crippen LogP contribution in [-0.2, 0) is 14.3 Å². The predicted octanol–water partition coefficient (Wildman–Crippen LogP) is 2.38. The van der Waals surface area contributed by atoms with Gasteiger partial charge in [0.1, 0.15) is 12.0 Å². The van der Waals surface area contributed by atoms with Gasteiger partial charge in [0.15, 0.2) is 5.60 Å². The first-order valence-corrected chi connectivity index (χ1v) is 6.18. The average molecular weight is 275 g/mol. The van der Waals surface area contributed by atoms with Crippen molar-refractivity contribution in [3.63, 3.8) is 0 Å². The van der Waals surface area contributed by atoms with Gasteiger partial charge in [-0.1, -0.05) is 15.9 Å². The number of carbonyl (C=O) groups excluding carboxylic acids is 2. The van der Waals surface area contributed by atoms with E-state index in [1.807, 2.05) is 6.92 Å². The monoisotopic (exact) mass is 274 g/mol. The van der Waals surface area contributed by atoms with Crippen LogP contribution < -0.4 is 0 Å². The topological polar surface area (TPSA) is 43.4 Å². The van der Waals surface area contributed by atoms with Crippen molar-refractivity contribution in [3.05, 3.63) is 11.8 Å². The Morgan fingerprint density at radius 3 is 2.80 bits per heavy atom. The molecule has 3 nitrogen and oxygen atoms in total. The molecular formula is C11H15BrO3. The molecule has 15 heavy (non-hydrogen) atoms. The minimum absolute atomic E-state index is 0.0306. The van der Waals surface area contributed by atoms with Gasteiger partial charge >= 0.3 is 0 Å². The van der Waals surface area contributed by atoms with Gasteiger partial charge in [-0.25, -0.2) is 0 Å². The highest BCUT2D eigenvalue weighted by Crippen LogP contribution is 2.30. The van der Waals surface area contributed by atoms with Crippen LogP contribution >= 0.6 is 15.9 Å². The number of halogens is 1. The Morgan fingerprint density at radius 1 is 1.53 bits per heavy atom. The fourth-order valence-electron chi connectivity index (χ4n) is 1.60. The van der Waals surface area contributed by atoms with Crippen molar-refractivity contribution >= 4 is 28.0 Å². The maximum absolute atomic E-state index is 11.6. The smallest absolute Gasteiger partial charge is 0.202 e. The summed E-state index contributed by atoms with van der Waals surface area (Å²) in [6.07, 6.45) is 5.34. The van der Waals surface area contributed by atoms with Gasteiger partial charge in [-0.2, -0.15) is 0 Å². The summed E-state index contributed by atoms with van der Waals surface area (Å²) in [4.78, 5) is 21.8. The molecule has 1 atom stereocenters. The van der Waals surface area contributed by atoms with Crippen LogP contribution in [0.1, 0.15) is 32.6 Å². The fourth-order valence-corrected chi connectivity index (χ4v) is 1.87. The third kappa shape index (κ3) is 3.16. The zero-order chi connectivity index (χ0) is 11.3. The molecule has 1 aliphatic rings. The number of hydrogen-bond donors (Lipinski definition) is 0. The Bertz CT molecular complexity index is 286. The molecule has 0 amide bonds. The molecule has 0 fully saturated rings. The van der Waals surface area contributed by atoms with Crippen molar-refractivity contribution in [1.82, 2.24) is 0 Å². The first kappa shape index (κ1) is 12.4. The molecule has 84 valence electrons. The molecule has 0 aliphatic carbocycles. The van der Waals surface area contributed by atoms with Gasteiger partial charge in [-0.05, 0) is 26.2 Å². The number of ether oxygens (including phenoxy) is 1. The molecule has 0 saturated heterocycles. The third-order valence-corrected chi connectivity index (χ3v) is 3.08. The Balaban J connectivity index is 2.41. The van der Waals surface area contributed by atoms with Crippen molar-refractivity contribution in [2.45, 2.75) is 38.2 Å². The SMILES string of the molecule is CC1(CCCCC=O)OC(CBr)=CC1=O. The number of aldehydes is 1. The number of alkyl halides is 1. The number of hydrogen-bond acceptors (Lipinski definition) is 3. The summed E-state index contributed by atoms with van der Waals surface area (Å²) < 4.78 is 5.57. The lowest BCUT2D eigenvalue weighted by atomic mass is 9.94. The maximum Gasteiger partial charge on any atom is 0.202 e. The molecule has 0 aromatic rings. The standard InChI is InChI=1S/C11H15BrO3/c1-11(5-3-2-4-6-13)10(14)7-9(8-12)15-11/h6-7H,2-5,8H2,1H3. The van der Waals surface area contributed by atoms with Crippen LogP contribution in [0.15, 0.2) is 11.8 Å². The second kappa shape index (κ2) is 5.45. The van der Waals surface area contributed by atoms with E-state index in [4.69, 9.17) is 4.74 Å². The van der Waals surface area contributed by atoms with E-state index in [1.165, 1.54) is 0 Å². The molecule has 0 saturated carbocycles. The molecule has 1 heterocycles. The summed E-state index contributed by atoms with van der Waals surface area (Å²) >= 11 is 3.26. The summed E-state index contributed by atoms with van der Waals surface area (Å²) in [5.74, 6) is 0.723. The fraction of sp³-hybridized carbons (Fsp3) is 0.636. The van der Waals surface area contributed by atoms with Crippen LogP contribution in [0.25, 0.3) is 0 Å². The minimum atomic E-state index is -0.702. The first-order valence-electron chi connectivity index (χ1n) is 5.06. The summed E-state index contributed by atoms with van der Waals surface area (Å²) in [5, 5.41) is 0.572.